The first-order valence-electron chi connectivity index (χ1n) is 3.14. The van der Waals surface area contributed by atoms with Crippen LogP contribution in [0.15, 0.2) is 0 Å². The Kier molecular flexibility index (Phi) is 248. The van der Waals surface area contributed by atoms with Gasteiger partial charge >= 0.3 is 0 Å². The lowest BCUT2D eigenvalue weighted by Crippen LogP contribution is -2.02. The second-order valence-electron chi connectivity index (χ2n) is 1.51. The van der Waals surface area contributed by atoms with E-state index in [1.807, 2.05) is 0 Å². The number of aliphatic hydroxyl groups excluding tert-OH is 1. The van der Waals surface area contributed by atoms with Crippen LogP contribution in [0.1, 0.15) is 26.7 Å². The number of nitrogens with two attached hydrogens (primary N) is 1. The normalized spacial score (nSPS) is 5.00. The molecule has 0 aromatic rings. The molecule has 0 saturated heterocycles. The van der Waals surface area contributed by atoms with Gasteiger partial charge in [-0.25, -0.2) is 0 Å². The summed E-state index contributed by atoms with van der Waals surface area (Å²) < 4.78 is 0. The quantitative estimate of drug-likeness (QED) is 0.379. The molecule has 0 aromatic heterocycles. The van der Waals surface area contributed by atoms with Crippen molar-refractivity contribution in [3.8, 4) is 0 Å². The van der Waals surface area contributed by atoms with E-state index in [2.05, 4.69) is 13.8 Å². The van der Waals surface area contributed by atoms with E-state index in [0.29, 0.717) is 6.54 Å². The van der Waals surface area contributed by atoms with Crippen LogP contribution in [0.25, 0.3) is 0 Å². The highest BCUT2D eigenvalue weighted by Gasteiger charge is 1.56. The van der Waals surface area contributed by atoms with Crippen molar-refractivity contribution in [2.75, 3.05) is 13.2 Å². The van der Waals surface area contributed by atoms with E-state index in [-0.39, 0.29) is 31.2 Å². The summed E-state index contributed by atoms with van der Waals surface area (Å²) >= 11 is 0. The summed E-state index contributed by atoms with van der Waals surface area (Å²) in [7, 11) is 0. The van der Waals surface area contributed by atoms with Gasteiger partial charge in [-0.15, -0.1) is 0 Å². The van der Waals surface area contributed by atoms with Crippen molar-refractivity contribution in [3.63, 3.8) is 0 Å². The van der Waals surface area contributed by atoms with Crippen LogP contribution < -0.4 is 30.3 Å². The van der Waals surface area contributed by atoms with Gasteiger partial charge < -0.3 is 35.4 Å². The van der Waals surface area contributed by atoms with Gasteiger partial charge in [0.05, 0.1) is 6.61 Å². The van der Waals surface area contributed by atoms with E-state index >= 15 is 0 Å². The molecular formula is C6H29N5O. The Labute approximate surface area is 76.2 Å². The van der Waals surface area contributed by atoms with Crippen LogP contribution in [0.3, 0.4) is 0 Å². The Balaban J connectivity index is -0.0000000112. The van der Waals surface area contributed by atoms with Crippen molar-refractivity contribution in [2.24, 2.45) is 5.73 Å². The molecule has 0 aromatic carbocycles. The largest absolute Gasteiger partial charge is 0.395 e. The summed E-state index contributed by atoms with van der Waals surface area (Å²) in [6, 6.07) is 0. The zero-order valence-corrected chi connectivity index (χ0v) is 8.68. The monoisotopic (exact) mass is 187 g/mol. The minimum Gasteiger partial charge on any atom is -0.395 e. The zero-order chi connectivity index (χ0) is 6.83. The number of hydrogen-bond donors (Lipinski definition) is 6. The van der Waals surface area contributed by atoms with E-state index < -0.39 is 0 Å². The van der Waals surface area contributed by atoms with E-state index in [1.165, 1.54) is 12.8 Å². The summed E-state index contributed by atoms with van der Waals surface area (Å²) in [6.45, 7) is 4.83. The van der Waals surface area contributed by atoms with Crippen molar-refractivity contribution >= 4 is 0 Å². The van der Waals surface area contributed by atoms with Gasteiger partial charge in [-0.2, -0.15) is 0 Å². The molecule has 0 spiro atoms. The van der Waals surface area contributed by atoms with Crippen molar-refractivity contribution in [1.82, 2.24) is 24.6 Å². The topological polar surface area (TPSA) is 186 Å². The molecule has 0 unspecified atom stereocenters. The highest BCUT2D eigenvalue weighted by atomic mass is 16.3. The Hall–Kier alpha value is -0.240. The predicted molar refractivity (Wildman–Crippen MR) is 56.8 cm³/mol. The highest BCUT2D eigenvalue weighted by molar-refractivity contribution is 4.17. The van der Waals surface area contributed by atoms with Gasteiger partial charge in [0.25, 0.3) is 0 Å². The molecule has 0 aliphatic heterocycles. The van der Waals surface area contributed by atoms with Gasteiger partial charge in [-0.3, -0.25) is 0 Å². The number of hydrogen-bond acceptors (Lipinski definition) is 6. The van der Waals surface area contributed by atoms with Gasteiger partial charge in [-0.05, 0) is 0 Å². The highest BCUT2D eigenvalue weighted by Crippen LogP contribution is 1.76. The summed E-state index contributed by atoms with van der Waals surface area (Å²) in [5, 5.41) is 7.75. The lowest BCUT2D eigenvalue weighted by Gasteiger charge is -1.71. The van der Waals surface area contributed by atoms with E-state index in [9.17, 15) is 0 Å². The predicted octanol–water partition coefficient (Wildman–Crippen LogP) is 1.39. The molecule has 12 heavy (non-hydrogen) atoms. The summed E-state index contributed by atoms with van der Waals surface area (Å²) in [4.78, 5) is 0. The minimum absolute atomic E-state index is 0. The molecule has 0 aliphatic carbocycles. The molecule has 0 bridgehead atoms. The minimum atomic E-state index is 0. The second kappa shape index (κ2) is 72.5. The molecule has 84 valence electrons. The molecule has 0 amide bonds. The van der Waals surface area contributed by atoms with Crippen molar-refractivity contribution in [1.29, 1.82) is 0 Å². The molecular weight excluding hydrogens is 158 g/mol. The van der Waals surface area contributed by atoms with Gasteiger partial charge in [0, 0.05) is 6.54 Å². The smallest absolute Gasteiger partial charge is 0.0553 e. The molecule has 0 radical (unpaired) electrons. The van der Waals surface area contributed by atoms with Gasteiger partial charge in [0.1, 0.15) is 0 Å². The Bertz CT molecular complexity index is 23.9. The molecule has 0 rings (SSSR count). The lowest BCUT2D eigenvalue weighted by atomic mass is 10.4. The third kappa shape index (κ3) is 242. The maximum absolute atomic E-state index is 7.75. The van der Waals surface area contributed by atoms with Gasteiger partial charge in [0.2, 0.25) is 0 Å². The average molecular weight is 187 g/mol. The summed E-state index contributed by atoms with van der Waals surface area (Å²) in [5.74, 6) is 0. The molecule has 6 heteroatoms. The Morgan fingerprint density at radius 2 is 1.08 bits per heavy atom. The van der Waals surface area contributed by atoms with E-state index in [1.54, 1.807) is 0 Å². The zero-order valence-electron chi connectivity index (χ0n) is 8.68. The SMILES string of the molecule is CCCC.N.N.N.N.NCCO. The molecule has 0 heterocycles. The van der Waals surface area contributed by atoms with Crippen molar-refractivity contribution in [2.45, 2.75) is 26.7 Å². The maximum Gasteiger partial charge on any atom is 0.0553 e. The molecule has 6 nitrogen and oxygen atoms in total. The van der Waals surface area contributed by atoms with E-state index in [4.69, 9.17) is 10.8 Å². The van der Waals surface area contributed by atoms with Crippen LogP contribution in [0.2, 0.25) is 0 Å². The summed E-state index contributed by atoms with van der Waals surface area (Å²) in [6.07, 6.45) is 2.64. The standard InChI is InChI=1S/C4H10.C2H7NO.4H3N/c1-3-4-2;3-1-2-4;;;;/h3-4H2,1-2H3;4H,1-3H2;4*1H3. The summed E-state index contributed by atoms with van der Waals surface area (Å²) in [5.41, 5.74) is 4.78. The van der Waals surface area contributed by atoms with Crippen molar-refractivity contribution in [3.05, 3.63) is 0 Å². The number of rotatable bonds is 2. The molecule has 0 atom stereocenters. The Morgan fingerprint density at radius 3 is 1.08 bits per heavy atom. The first-order chi connectivity index (χ1) is 3.83. The maximum atomic E-state index is 7.75. The van der Waals surface area contributed by atoms with Crippen LogP contribution in [0.4, 0.5) is 0 Å². The average Bonchev–Trinajstić information content (AvgIpc) is 1.88. The van der Waals surface area contributed by atoms with Crippen LogP contribution in [0, 0.1) is 0 Å². The Morgan fingerprint density at radius 1 is 0.917 bits per heavy atom. The fraction of sp³-hybridized carbons (Fsp3) is 1.00. The molecule has 0 aliphatic rings. The third-order valence-corrected chi connectivity index (χ3v) is 0.629. The van der Waals surface area contributed by atoms with Crippen molar-refractivity contribution < 1.29 is 5.11 Å². The first kappa shape index (κ1) is 41.0. The van der Waals surface area contributed by atoms with Crippen LogP contribution >= 0.6 is 0 Å². The number of aliphatic hydroxyl groups is 1. The fourth-order valence-electron chi connectivity index (χ4n) is 0. The molecule has 15 N–H and O–H groups in total. The molecule has 0 saturated carbocycles. The van der Waals surface area contributed by atoms with Gasteiger partial charge in [-0.1, -0.05) is 26.7 Å². The van der Waals surface area contributed by atoms with E-state index in [0.717, 1.165) is 0 Å². The first-order valence-corrected chi connectivity index (χ1v) is 3.14. The van der Waals surface area contributed by atoms with Gasteiger partial charge in [0.15, 0.2) is 0 Å². The van der Waals surface area contributed by atoms with Crippen LogP contribution in [-0.4, -0.2) is 18.3 Å². The second-order valence-corrected chi connectivity index (χ2v) is 1.51. The number of unbranched alkanes of at least 4 members (excludes halogenated alkanes) is 1. The van der Waals surface area contributed by atoms with Crippen LogP contribution in [-0.2, 0) is 0 Å². The van der Waals surface area contributed by atoms with Crippen LogP contribution in [0.5, 0.6) is 0 Å². The third-order valence-electron chi connectivity index (χ3n) is 0.629. The lowest BCUT2D eigenvalue weighted by molar-refractivity contribution is 0.306. The fourth-order valence-corrected chi connectivity index (χ4v) is 0. The molecule has 0 fully saturated rings.